The van der Waals surface area contributed by atoms with Gasteiger partial charge in [0.15, 0.2) is 11.5 Å². The number of carboxylic acid groups (broad SMARTS) is 1. The smallest absolute Gasteiger partial charge is 0.349 e. The fourth-order valence-electron chi connectivity index (χ4n) is 0.783. The van der Waals surface area contributed by atoms with Crippen LogP contribution in [0.25, 0.3) is 0 Å². The quantitative estimate of drug-likeness (QED) is 0.770. The molecule has 5 nitrogen and oxygen atoms in total. The number of aromatic carboxylic acids is 1. The number of amides is 1. The van der Waals surface area contributed by atoms with E-state index in [1.165, 1.54) is 13.1 Å². The fourth-order valence-corrected chi connectivity index (χ4v) is 1.45. The Labute approximate surface area is 84.3 Å². The maximum Gasteiger partial charge on any atom is 0.349 e. The van der Waals surface area contributed by atoms with Crippen LogP contribution in [0.1, 0.15) is 9.67 Å². The normalized spacial score (nSPS) is 9.50. The Kier molecular flexibility index (Phi) is 3.47. The van der Waals surface area contributed by atoms with E-state index in [9.17, 15) is 9.59 Å². The summed E-state index contributed by atoms with van der Waals surface area (Å²) in [6.45, 7) is -0.173. The number of carbonyl (C=O) groups excluding carboxylic acids is 1. The largest absolute Gasteiger partial charge is 0.482 e. The third-order valence-electron chi connectivity index (χ3n) is 1.46. The molecule has 0 saturated carbocycles. The molecule has 1 heterocycles. The highest BCUT2D eigenvalue weighted by molar-refractivity contribution is 7.12. The molecule has 0 aliphatic rings. The van der Waals surface area contributed by atoms with E-state index < -0.39 is 5.97 Å². The second-order valence-corrected chi connectivity index (χ2v) is 3.30. The van der Waals surface area contributed by atoms with Crippen LogP contribution in [0, 0.1) is 0 Å². The summed E-state index contributed by atoms with van der Waals surface area (Å²) in [5.41, 5.74) is 0. The molecule has 0 fully saturated rings. The first kappa shape index (κ1) is 10.5. The van der Waals surface area contributed by atoms with Gasteiger partial charge >= 0.3 is 5.97 Å². The summed E-state index contributed by atoms with van der Waals surface area (Å²) in [5.74, 6) is -1.12. The van der Waals surface area contributed by atoms with Crippen molar-refractivity contribution in [1.29, 1.82) is 0 Å². The molecule has 0 radical (unpaired) electrons. The van der Waals surface area contributed by atoms with Crippen LogP contribution in [-0.2, 0) is 4.79 Å². The Morgan fingerprint density at radius 3 is 2.93 bits per heavy atom. The number of thiophene rings is 1. The van der Waals surface area contributed by atoms with Crippen LogP contribution < -0.4 is 10.1 Å². The lowest BCUT2D eigenvalue weighted by molar-refractivity contribution is -0.122. The number of ether oxygens (including phenoxy) is 1. The first-order valence-electron chi connectivity index (χ1n) is 3.79. The number of carboxylic acids is 1. The summed E-state index contributed by atoms with van der Waals surface area (Å²) >= 11 is 1.06. The standard InChI is InChI=1S/C8H9NO4S/c1-9-6(10)4-13-5-2-3-14-7(5)8(11)12/h2-3H,4H2,1H3,(H,9,10)(H,11,12). The van der Waals surface area contributed by atoms with Crippen molar-refractivity contribution in [1.82, 2.24) is 5.32 Å². The van der Waals surface area contributed by atoms with Crippen LogP contribution in [0.3, 0.4) is 0 Å². The van der Waals surface area contributed by atoms with Crippen molar-refractivity contribution in [3.05, 3.63) is 16.3 Å². The van der Waals surface area contributed by atoms with Crippen LogP contribution in [0.5, 0.6) is 5.75 Å². The predicted octanol–water partition coefficient (Wildman–Crippen LogP) is 0.571. The zero-order chi connectivity index (χ0) is 10.6. The van der Waals surface area contributed by atoms with Gasteiger partial charge in [0, 0.05) is 7.05 Å². The zero-order valence-electron chi connectivity index (χ0n) is 7.44. The number of carbonyl (C=O) groups is 2. The van der Waals surface area contributed by atoms with Crippen LogP contribution in [-0.4, -0.2) is 30.6 Å². The van der Waals surface area contributed by atoms with Crippen molar-refractivity contribution in [3.8, 4) is 5.75 Å². The van der Waals surface area contributed by atoms with E-state index in [1.807, 2.05) is 0 Å². The lowest BCUT2D eigenvalue weighted by Crippen LogP contribution is -2.25. The highest BCUT2D eigenvalue weighted by Gasteiger charge is 2.13. The summed E-state index contributed by atoms with van der Waals surface area (Å²) < 4.78 is 5.01. The number of hydrogen-bond acceptors (Lipinski definition) is 4. The minimum atomic E-state index is -1.05. The van der Waals surface area contributed by atoms with Gasteiger partial charge < -0.3 is 15.2 Å². The summed E-state index contributed by atoms with van der Waals surface area (Å²) in [5, 5.41) is 12.7. The minimum Gasteiger partial charge on any atom is -0.482 e. The Balaban J connectivity index is 2.63. The lowest BCUT2D eigenvalue weighted by atomic mass is 10.4. The highest BCUT2D eigenvalue weighted by atomic mass is 32.1. The van der Waals surface area contributed by atoms with Crippen LogP contribution in [0.4, 0.5) is 0 Å². The highest BCUT2D eigenvalue weighted by Crippen LogP contribution is 2.24. The minimum absolute atomic E-state index is 0.105. The molecule has 1 aromatic rings. The maximum absolute atomic E-state index is 10.8. The zero-order valence-corrected chi connectivity index (χ0v) is 8.26. The van der Waals surface area contributed by atoms with Gasteiger partial charge in [0.1, 0.15) is 5.75 Å². The van der Waals surface area contributed by atoms with Gasteiger partial charge in [-0.05, 0) is 11.4 Å². The predicted molar refractivity (Wildman–Crippen MR) is 50.8 cm³/mol. The van der Waals surface area contributed by atoms with Gasteiger partial charge in [-0.3, -0.25) is 4.79 Å². The van der Waals surface area contributed by atoms with E-state index in [0.717, 1.165) is 11.3 Å². The molecule has 1 amide bonds. The Bertz CT molecular complexity index is 347. The van der Waals surface area contributed by atoms with Crippen molar-refractivity contribution >= 4 is 23.2 Å². The van der Waals surface area contributed by atoms with E-state index in [-0.39, 0.29) is 23.1 Å². The van der Waals surface area contributed by atoms with Crippen LogP contribution in [0.2, 0.25) is 0 Å². The average Bonchev–Trinajstić information content (AvgIpc) is 2.62. The van der Waals surface area contributed by atoms with Gasteiger partial charge in [-0.15, -0.1) is 11.3 Å². The molecule has 0 saturated heterocycles. The number of nitrogens with one attached hydrogen (secondary N) is 1. The van der Waals surface area contributed by atoms with Crippen molar-refractivity contribution < 1.29 is 19.4 Å². The van der Waals surface area contributed by atoms with Gasteiger partial charge in [0.2, 0.25) is 0 Å². The third kappa shape index (κ3) is 2.46. The molecule has 0 spiro atoms. The molecule has 0 atom stereocenters. The molecule has 76 valence electrons. The Morgan fingerprint density at radius 1 is 1.64 bits per heavy atom. The summed E-state index contributed by atoms with van der Waals surface area (Å²) in [4.78, 5) is 21.5. The number of likely N-dealkylation sites (N-methyl/N-ethyl adjacent to an activating group) is 1. The summed E-state index contributed by atoms with van der Waals surface area (Å²) in [7, 11) is 1.48. The molecule has 0 aromatic carbocycles. The molecule has 14 heavy (non-hydrogen) atoms. The summed E-state index contributed by atoms with van der Waals surface area (Å²) in [6, 6.07) is 1.52. The molecule has 2 N–H and O–H groups in total. The molecular weight excluding hydrogens is 206 g/mol. The van der Waals surface area contributed by atoms with E-state index in [1.54, 1.807) is 5.38 Å². The maximum atomic E-state index is 10.8. The molecular formula is C8H9NO4S. The number of rotatable bonds is 4. The SMILES string of the molecule is CNC(=O)COc1ccsc1C(=O)O. The molecule has 0 unspecified atom stereocenters. The molecule has 0 aliphatic carbocycles. The molecule has 0 aliphatic heterocycles. The van der Waals surface area contributed by atoms with Crippen LogP contribution >= 0.6 is 11.3 Å². The van der Waals surface area contributed by atoms with Gasteiger partial charge in [-0.25, -0.2) is 4.79 Å². The molecule has 1 aromatic heterocycles. The van der Waals surface area contributed by atoms with Gasteiger partial charge in [0.25, 0.3) is 5.91 Å². The van der Waals surface area contributed by atoms with E-state index in [2.05, 4.69) is 5.32 Å². The van der Waals surface area contributed by atoms with Gasteiger partial charge in [-0.2, -0.15) is 0 Å². The average molecular weight is 215 g/mol. The van der Waals surface area contributed by atoms with Crippen LogP contribution in [0.15, 0.2) is 11.4 Å². The first-order valence-corrected chi connectivity index (χ1v) is 4.67. The van der Waals surface area contributed by atoms with Crippen molar-refractivity contribution in [2.24, 2.45) is 0 Å². The van der Waals surface area contributed by atoms with Gasteiger partial charge in [0.05, 0.1) is 0 Å². The summed E-state index contributed by atoms with van der Waals surface area (Å²) in [6.07, 6.45) is 0. The monoisotopic (exact) mass is 215 g/mol. The lowest BCUT2D eigenvalue weighted by Gasteiger charge is -2.03. The first-order chi connectivity index (χ1) is 6.65. The van der Waals surface area contributed by atoms with E-state index >= 15 is 0 Å². The van der Waals surface area contributed by atoms with Crippen molar-refractivity contribution in [2.45, 2.75) is 0 Å². The molecule has 1 rings (SSSR count). The van der Waals surface area contributed by atoms with Crippen molar-refractivity contribution in [3.63, 3.8) is 0 Å². The van der Waals surface area contributed by atoms with E-state index in [4.69, 9.17) is 9.84 Å². The molecule has 6 heteroatoms. The second kappa shape index (κ2) is 4.61. The second-order valence-electron chi connectivity index (χ2n) is 2.38. The third-order valence-corrected chi connectivity index (χ3v) is 2.34. The number of hydrogen-bond donors (Lipinski definition) is 2. The Morgan fingerprint density at radius 2 is 2.36 bits per heavy atom. The van der Waals surface area contributed by atoms with Gasteiger partial charge in [-0.1, -0.05) is 0 Å². The van der Waals surface area contributed by atoms with E-state index in [0.29, 0.717) is 0 Å². The molecule has 0 bridgehead atoms. The Hall–Kier alpha value is -1.56. The fraction of sp³-hybridized carbons (Fsp3) is 0.250. The van der Waals surface area contributed by atoms with Crippen molar-refractivity contribution in [2.75, 3.05) is 13.7 Å². The topological polar surface area (TPSA) is 75.6 Å².